The van der Waals surface area contributed by atoms with Crippen LogP contribution in [-0.2, 0) is 0 Å². The molecular formula is C16H26N2. The third kappa shape index (κ3) is 2.33. The lowest BCUT2D eigenvalue weighted by molar-refractivity contribution is 0.199. The second-order valence-corrected chi connectivity index (χ2v) is 5.70. The summed E-state index contributed by atoms with van der Waals surface area (Å²) >= 11 is 0. The Morgan fingerprint density at radius 3 is 2.33 bits per heavy atom. The van der Waals surface area contributed by atoms with Gasteiger partial charge < -0.3 is 10.6 Å². The molecule has 0 atom stereocenters. The fourth-order valence-corrected chi connectivity index (χ4v) is 3.12. The fraction of sp³-hybridized carbons (Fsp3) is 0.625. The van der Waals surface area contributed by atoms with Crippen molar-refractivity contribution in [2.24, 2.45) is 5.41 Å². The molecule has 1 fully saturated rings. The molecule has 18 heavy (non-hydrogen) atoms. The minimum Gasteiger partial charge on any atom is -0.397 e. The van der Waals surface area contributed by atoms with Crippen LogP contribution in [-0.4, -0.2) is 13.1 Å². The maximum absolute atomic E-state index is 6.20. The molecule has 2 heteroatoms. The number of rotatable bonds is 3. The Morgan fingerprint density at radius 1 is 1.17 bits per heavy atom. The van der Waals surface area contributed by atoms with Crippen molar-refractivity contribution in [3.8, 4) is 0 Å². The van der Waals surface area contributed by atoms with Crippen LogP contribution in [0, 0.1) is 12.3 Å². The first-order valence-electron chi connectivity index (χ1n) is 7.22. The Bertz CT molecular complexity index is 398. The van der Waals surface area contributed by atoms with Crippen LogP contribution >= 0.6 is 0 Å². The van der Waals surface area contributed by atoms with E-state index in [-0.39, 0.29) is 0 Å². The summed E-state index contributed by atoms with van der Waals surface area (Å²) in [6, 6.07) is 6.36. The molecule has 1 aromatic carbocycles. The second kappa shape index (κ2) is 5.21. The van der Waals surface area contributed by atoms with Crippen molar-refractivity contribution in [3.05, 3.63) is 23.8 Å². The van der Waals surface area contributed by atoms with Crippen LogP contribution in [0.15, 0.2) is 18.2 Å². The zero-order chi connectivity index (χ0) is 13.2. The van der Waals surface area contributed by atoms with Gasteiger partial charge in [-0.2, -0.15) is 0 Å². The molecule has 0 unspecified atom stereocenters. The molecule has 0 saturated carbocycles. The molecule has 2 N–H and O–H groups in total. The highest BCUT2D eigenvalue weighted by atomic mass is 15.1. The van der Waals surface area contributed by atoms with E-state index in [0.29, 0.717) is 5.41 Å². The molecule has 0 aliphatic carbocycles. The van der Waals surface area contributed by atoms with Crippen LogP contribution < -0.4 is 10.6 Å². The van der Waals surface area contributed by atoms with Crippen molar-refractivity contribution < 1.29 is 0 Å². The number of aryl methyl sites for hydroxylation is 1. The summed E-state index contributed by atoms with van der Waals surface area (Å²) in [4.78, 5) is 2.46. The molecular weight excluding hydrogens is 220 g/mol. The minimum absolute atomic E-state index is 0.578. The number of nitrogen functional groups attached to an aromatic ring is 1. The van der Waals surface area contributed by atoms with Crippen LogP contribution in [0.25, 0.3) is 0 Å². The molecule has 0 radical (unpaired) electrons. The highest BCUT2D eigenvalue weighted by molar-refractivity contribution is 5.71. The summed E-state index contributed by atoms with van der Waals surface area (Å²) in [5.74, 6) is 0. The van der Waals surface area contributed by atoms with Crippen molar-refractivity contribution in [2.75, 3.05) is 23.7 Å². The lowest BCUT2D eigenvalue weighted by Crippen LogP contribution is -2.40. The lowest BCUT2D eigenvalue weighted by Gasteiger charge is -2.42. The first-order valence-corrected chi connectivity index (χ1v) is 7.22. The van der Waals surface area contributed by atoms with Gasteiger partial charge in [0.05, 0.1) is 11.4 Å². The Balaban J connectivity index is 2.12. The highest BCUT2D eigenvalue weighted by Gasteiger charge is 2.31. The molecule has 0 spiro atoms. The number of benzene rings is 1. The summed E-state index contributed by atoms with van der Waals surface area (Å²) in [6.45, 7) is 9.05. The number of piperidine rings is 1. The molecule has 0 bridgehead atoms. The van der Waals surface area contributed by atoms with E-state index >= 15 is 0 Å². The van der Waals surface area contributed by atoms with Crippen molar-refractivity contribution in [3.63, 3.8) is 0 Å². The van der Waals surface area contributed by atoms with Gasteiger partial charge in [-0.25, -0.2) is 0 Å². The van der Waals surface area contributed by atoms with Crippen LogP contribution in [0.5, 0.6) is 0 Å². The Morgan fingerprint density at radius 2 is 1.78 bits per heavy atom. The van der Waals surface area contributed by atoms with Gasteiger partial charge in [0.1, 0.15) is 0 Å². The van der Waals surface area contributed by atoms with Gasteiger partial charge in [-0.3, -0.25) is 0 Å². The molecule has 1 aliphatic rings. The predicted molar refractivity (Wildman–Crippen MR) is 80.1 cm³/mol. The van der Waals surface area contributed by atoms with Gasteiger partial charge in [-0.15, -0.1) is 0 Å². The van der Waals surface area contributed by atoms with Crippen LogP contribution in [0.1, 0.15) is 45.1 Å². The van der Waals surface area contributed by atoms with E-state index < -0.39 is 0 Å². The molecule has 1 heterocycles. The van der Waals surface area contributed by atoms with Crippen molar-refractivity contribution in [1.82, 2.24) is 0 Å². The number of hydrogen-bond acceptors (Lipinski definition) is 2. The maximum atomic E-state index is 6.20. The molecule has 2 rings (SSSR count). The third-order valence-electron chi connectivity index (χ3n) is 4.97. The van der Waals surface area contributed by atoms with Gasteiger partial charge in [0.2, 0.25) is 0 Å². The van der Waals surface area contributed by atoms with E-state index in [2.05, 4.69) is 43.9 Å². The Labute approximate surface area is 111 Å². The van der Waals surface area contributed by atoms with Gasteiger partial charge >= 0.3 is 0 Å². The smallest absolute Gasteiger partial charge is 0.0602 e. The number of nitrogens with zero attached hydrogens (tertiary/aromatic N) is 1. The standard InChI is InChI=1S/C16H26N2/c1-4-16(5-2)9-11-18(12-10-16)14-8-6-7-13(3)15(14)17/h6-8H,4-5,9-12,17H2,1-3H3. The monoisotopic (exact) mass is 246 g/mol. The Kier molecular flexibility index (Phi) is 3.84. The summed E-state index contributed by atoms with van der Waals surface area (Å²) in [6.07, 6.45) is 5.21. The van der Waals surface area contributed by atoms with Crippen LogP contribution in [0.2, 0.25) is 0 Å². The van der Waals surface area contributed by atoms with E-state index in [4.69, 9.17) is 5.73 Å². The average molecular weight is 246 g/mol. The zero-order valence-electron chi connectivity index (χ0n) is 12.0. The summed E-state index contributed by atoms with van der Waals surface area (Å²) in [7, 11) is 0. The fourth-order valence-electron chi connectivity index (χ4n) is 3.12. The first kappa shape index (κ1) is 13.3. The Hall–Kier alpha value is -1.18. The lowest BCUT2D eigenvalue weighted by atomic mass is 9.74. The predicted octanol–water partition coefficient (Wildman–Crippen LogP) is 3.98. The van der Waals surface area contributed by atoms with Crippen molar-refractivity contribution in [2.45, 2.75) is 46.5 Å². The second-order valence-electron chi connectivity index (χ2n) is 5.70. The number of anilines is 2. The van der Waals surface area contributed by atoms with Gasteiger partial charge in [-0.05, 0) is 36.8 Å². The largest absolute Gasteiger partial charge is 0.397 e. The molecule has 100 valence electrons. The quantitative estimate of drug-likeness (QED) is 0.817. The summed E-state index contributed by atoms with van der Waals surface area (Å²) in [5.41, 5.74) is 10.2. The third-order valence-corrected chi connectivity index (χ3v) is 4.97. The highest BCUT2D eigenvalue weighted by Crippen LogP contribution is 2.40. The van der Waals surface area contributed by atoms with E-state index in [1.54, 1.807) is 0 Å². The molecule has 0 amide bonds. The van der Waals surface area contributed by atoms with Crippen LogP contribution in [0.3, 0.4) is 0 Å². The van der Waals surface area contributed by atoms with E-state index in [1.807, 2.05) is 0 Å². The number of nitrogens with two attached hydrogens (primary N) is 1. The molecule has 0 aromatic heterocycles. The summed E-state index contributed by atoms with van der Waals surface area (Å²) in [5, 5.41) is 0. The van der Waals surface area contributed by atoms with Crippen molar-refractivity contribution >= 4 is 11.4 Å². The minimum atomic E-state index is 0.578. The topological polar surface area (TPSA) is 29.3 Å². The zero-order valence-corrected chi connectivity index (χ0v) is 12.0. The van der Waals surface area contributed by atoms with Crippen LogP contribution in [0.4, 0.5) is 11.4 Å². The first-order chi connectivity index (χ1) is 8.62. The molecule has 1 aromatic rings. The molecule has 2 nitrogen and oxygen atoms in total. The van der Waals surface area contributed by atoms with Gasteiger partial charge in [0.15, 0.2) is 0 Å². The van der Waals surface area contributed by atoms with Gasteiger partial charge in [-0.1, -0.05) is 38.8 Å². The SMILES string of the molecule is CCC1(CC)CCN(c2cccc(C)c2N)CC1. The number of para-hydroxylation sites is 1. The van der Waals surface area contributed by atoms with E-state index in [0.717, 1.165) is 18.8 Å². The van der Waals surface area contributed by atoms with Gasteiger partial charge in [0, 0.05) is 13.1 Å². The summed E-state index contributed by atoms with van der Waals surface area (Å²) < 4.78 is 0. The maximum Gasteiger partial charge on any atom is 0.0602 e. The normalized spacial score (nSPS) is 18.9. The number of hydrogen-bond donors (Lipinski definition) is 1. The average Bonchev–Trinajstić information content (AvgIpc) is 2.42. The molecule has 1 saturated heterocycles. The molecule has 1 aliphatic heterocycles. The van der Waals surface area contributed by atoms with E-state index in [9.17, 15) is 0 Å². The van der Waals surface area contributed by atoms with E-state index in [1.165, 1.54) is 36.9 Å². The van der Waals surface area contributed by atoms with Crippen molar-refractivity contribution in [1.29, 1.82) is 0 Å². The van der Waals surface area contributed by atoms with Gasteiger partial charge in [0.25, 0.3) is 0 Å².